The fourth-order valence-electron chi connectivity index (χ4n) is 0.915. The molecule has 1 fully saturated rings. The fraction of sp³-hybridized carbons (Fsp3) is 1.00. The molecule has 0 amide bonds. The molecule has 1 rings (SSSR count). The second kappa shape index (κ2) is 2.42. The maximum absolute atomic E-state index is 12.4. The Morgan fingerprint density at radius 2 is 2.50 bits per heavy atom. The Kier molecular flexibility index (Phi) is 1.81. The van der Waals surface area contributed by atoms with Crippen molar-refractivity contribution in [1.82, 2.24) is 5.32 Å². The van der Waals surface area contributed by atoms with E-state index in [1.807, 2.05) is 0 Å². The zero-order valence-electron chi connectivity index (χ0n) is 4.60. The number of aliphatic hydroxyl groups excluding tert-OH is 1. The first kappa shape index (κ1) is 5.98. The summed E-state index contributed by atoms with van der Waals surface area (Å²) in [4.78, 5) is 0. The molecule has 0 aromatic heterocycles. The van der Waals surface area contributed by atoms with Gasteiger partial charge in [-0.2, -0.15) is 0 Å². The van der Waals surface area contributed by atoms with E-state index in [1.165, 1.54) is 0 Å². The first-order chi connectivity index (χ1) is 3.84. The standard InChI is InChI=1S/C5H10FNO/c6-4-1-2-7-5(4)3-8/h4-5,7-8H,1-3H2/t4-,5+/m1/s1. The summed E-state index contributed by atoms with van der Waals surface area (Å²) < 4.78 is 12.4. The minimum atomic E-state index is -0.833. The van der Waals surface area contributed by atoms with Gasteiger partial charge in [0, 0.05) is 0 Å². The van der Waals surface area contributed by atoms with E-state index in [0.717, 1.165) is 0 Å². The lowest BCUT2D eigenvalue weighted by Gasteiger charge is -2.06. The highest BCUT2D eigenvalue weighted by Gasteiger charge is 2.24. The predicted octanol–water partition coefficient (Wildman–Crippen LogP) is -0.321. The van der Waals surface area contributed by atoms with E-state index >= 15 is 0 Å². The van der Waals surface area contributed by atoms with Crippen molar-refractivity contribution in [3.8, 4) is 0 Å². The van der Waals surface area contributed by atoms with Gasteiger partial charge in [-0.25, -0.2) is 4.39 Å². The first-order valence-corrected chi connectivity index (χ1v) is 2.83. The van der Waals surface area contributed by atoms with Crippen LogP contribution >= 0.6 is 0 Å². The molecular weight excluding hydrogens is 109 g/mol. The van der Waals surface area contributed by atoms with E-state index in [-0.39, 0.29) is 12.6 Å². The van der Waals surface area contributed by atoms with Gasteiger partial charge >= 0.3 is 0 Å². The van der Waals surface area contributed by atoms with Crippen LogP contribution in [0.15, 0.2) is 0 Å². The van der Waals surface area contributed by atoms with Gasteiger partial charge < -0.3 is 10.4 Å². The van der Waals surface area contributed by atoms with E-state index < -0.39 is 6.17 Å². The third kappa shape index (κ3) is 0.980. The highest BCUT2D eigenvalue weighted by molar-refractivity contribution is 4.82. The Labute approximate surface area is 47.7 Å². The molecule has 1 saturated heterocycles. The van der Waals surface area contributed by atoms with E-state index in [4.69, 9.17) is 5.11 Å². The summed E-state index contributed by atoms with van der Waals surface area (Å²) in [6.45, 7) is 0.619. The normalized spacial score (nSPS) is 38.2. The minimum absolute atomic E-state index is 0.0822. The van der Waals surface area contributed by atoms with E-state index in [9.17, 15) is 4.39 Å². The second-order valence-corrected chi connectivity index (χ2v) is 2.05. The summed E-state index contributed by atoms with van der Waals surface area (Å²) in [5.74, 6) is 0. The molecule has 8 heavy (non-hydrogen) atoms. The lowest BCUT2D eigenvalue weighted by atomic mass is 10.2. The highest BCUT2D eigenvalue weighted by atomic mass is 19.1. The smallest absolute Gasteiger partial charge is 0.119 e. The zero-order valence-corrected chi connectivity index (χ0v) is 4.60. The number of nitrogens with one attached hydrogen (secondary N) is 1. The van der Waals surface area contributed by atoms with Crippen LogP contribution in [0.4, 0.5) is 4.39 Å². The maximum atomic E-state index is 12.4. The van der Waals surface area contributed by atoms with Crippen molar-refractivity contribution in [2.75, 3.05) is 13.2 Å². The first-order valence-electron chi connectivity index (χ1n) is 2.83. The van der Waals surface area contributed by atoms with Crippen molar-refractivity contribution in [2.24, 2.45) is 0 Å². The second-order valence-electron chi connectivity index (χ2n) is 2.05. The monoisotopic (exact) mass is 119 g/mol. The van der Waals surface area contributed by atoms with Crippen molar-refractivity contribution < 1.29 is 9.50 Å². The molecule has 1 heterocycles. The third-order valence-electron chi connectivity index (χ3n) is 1.46. The highest BCUT2D eigenvalue weighted by Crippen LogP contribution is 2.09. The van der Waals surface area contributed by atoms with Gasteiger partial charge in [0.1, 0.15) is 6.17 Å². The molecule has 0 unspecified atom stereocenters. The van der Waals surface area contributed by atoms with Crippen LogP contribution in [0.1, 0.15) is 6.42 Å². The van der Waals surface area contributed by atoms with Crippen LogP contribution in [0, 0.1) is 0 Å². The van der Waals surface area contributed by atoms with Gasteiger partial charge in [0.05, 0.1) is 12.6 Å². The fourth-order valence-corrected chi connectivity index (χ4v) is 0.915. The summed E-state index contributed by atoms with van der Waals surface area (Å²) in [6, 6.07) is -0.296. The van der Waals surface area contributed by atoms with Gasteiger partial charge in [-0.1, -0.05) is 0 Å². The minimum Gasteiger partial charge on any atom is -0.395 e. The van der Waals surface area contributed by atoms with Crippen molar-refractivity contribution in [3.05, 3.63) is 0 Å². The third-order valence-corrected chi connectivity index (χ3v) is 1.46. The molecule has 48 valence electrons. The number of aliphatic hydroxyl groups is 1. The molecule has 3 heteroatoms. The summed E-state index contributed by atoms with van der Waals surface area (Å²) in [6.07, 6.45) is -0.286. The Morgan fingerprint density at radius 1 is 1.75 bits per heavy atom. The SMILES string of the molecule is OC[C@@H]1NCC[C@H]1F. The number of hydrogen-bond donors (Lipinski definition) is 2. The van der Waals surface area contributed by atoms with Crippen molar-refractivity contribution in [1.29, 1.82) is 0 Å². The number of halogens is 1. The molecule has 0 aromatic rings. The average molecular weight is 119 g/mol. The lowest BCUT2D eigenvalue weighted by molar-refractivity contribution is 0.196. The number of alkyl halides is 1. The topological polar surface area (TPSA) is 32.3 Å². The van der Waals surface area contributed by atoms with Crippen molar-refractivity contribution >= 4 is 0 Å². The molecule has 0 aliphatic carbocycles. The van der Waals surface area contributed by atoms with Gasteiger partial charge in [0.25, 0.3) is 0 Å². The largest absolute Gasteiger partial charge is 0.395 e. The number of rotatable bonds is 1. The number of hydrogen-bond acceptors (Lipinski definition) is 2. The molecule has 2 atom stereocenters. The molecule has 0 radical (unpaired) electrons. The maximum Gasteiger partial charge on any atom is 0.119 e. The molecule has 0 bridgehead atoms. The van der Waals surface area contributed by atoms with E-state index in [2.05, 4.69) is 5.32 Å². The lowest BCUT2D eigenvalue weighted by Crippen LogP contribution is -2.31. The molecule has 0 saturated carbocycles. The van der Waals surface area contributed by atoms with Gasteiger partial charge in [0.15, 0.2) is 0 Å². The molecule has 2 nitrogen and oxygen atoms in total. The van der Waals surface area contributed by atoms with Gasteiger partial charge in [-0.15, -0.1) is 0 Å². The molecule has 2 N–H and O–H groups in total. The summed E-state index contributed by atoms with van der Waals surface area (Å²) in [7, 11) is 0. The van der Waals surface area contributed by atoms with Crippen LogP contribution < -0.4 is 5.32 Å². The van der Waals surface area contributed by atoms with Crippen LogP contribution in [0.5, 0.6) is 0 Å². The van der Waals surface area contributed by atoms with Gasteiger partial charge in [-0.3, -0.25) is 0 Å². The van der Waals surface area contributed by atoms with Gasteiger partial charge in [0.2, 0.25) is 0 Å². The van der Waals surface area contributed by atoms with Crippen LogP contribution in [0.25, 0.3) is 0 Å². The Morgan fingerprint density at radius 3 is 2.75 bits per heavy atom. The Balaban J connectivity index is 2.30. The van der Waals surface area contributed by atoms with Gasteiger partial charge in [-0.05, 0) is 13.0 Å². The Hall–Kier alpha value is -0.150. The summed E-state index contributed by atoms with van der Waals surface area (Å²) in [5, 5.41) is 11.3. The zero-order chi connectivity index (χ0) is 5.98. The molecule has 0 aromatic carbocycles. The summed E-state index contributed by atoms with van der Waals surface area (Å²) >= 11 is 0. The Bertz CT molecular complexity index is 78.8. The van der Waals surface area contributed by atoms with E-state index in [1.54, 1.807) is 0 Å². The van der Waals surface area contributed by atoms with Crippen molar-refractivity contribution in [2.45, 2.75) is 18.6 Å². The molecular formula is C5H10FNO. The van der Waals surface area contributed by atoms with Crippen LogP contribution in [0.3, 0.4) is 0 Å². The van der Waals surface area contributed by atoms with Crippen LogP contribution in [-0.4, -0.2) is 30.5 Å². The van der Waals surface area contributed by atoms with Crippen molar-refractivity contribution in [3.63, 3.8) is 0 Å². The van der Waals surface area contributed by atoms with E-state index in [0.29, 0.717) is 13.0 Å². The summed E-state index contributed by atoms with van der Waals surface area (Å²) in [5.41, 5.74) is 0. The van der Waals surface area contributed by atoms with Crippen LogP contribution in [0.2, 0.25) is 0 Å². The molecule has 1 aliphatic rings. The predicted molar refractivity (Wildman–Crippen MR) is 28.4 cm³/mol. The average Bonchev–Trinajstić information content (AvgIpc) is 2.14. The quantitative estimate of drug-likeness (QED) is 0.495. The van der Waals surface area contributed by atoms with Crippen LogP contribution in [-0.2, 0) is 0 Å². The molecule has 0 spiro atoms. The molecule has 1 aliphatic heterocycles.